The number of nitriles is 1. The Morgan fingerprint density at radius 3 is 2.76 bits per heavy atom. The van der Waals surface area contributed by atoms with Crippen molar-refractivity contribution in [2.75, 3.05) is 13.1 Å². The molecule has 8 nitrogen and oxygen atoms in total. The minimum Gasteiger partial charge on any atom is -0.355 e. The van der Waals surface area contributed by atoms with Gasteiger partial charge in [-0.15, -0.1) is 0 Å². The van der Waals surface area contributed by atoms with Gasteiger partial charge < -0.3 is 5.32 Å². The Bertz CT molecular complexity index is 1010. The molecule has 0 saturated heterocycles. The molecule has 0 fully saturated rings. The van der Waals surface area contributed by atoms with Gasteiger partial charge in [0.1, 0.15) is 0 Å². The second-order valence-corrected chi connectivity index (χ2v) is 8.69. The zero-order valence-corrected chi connectivity index (χ0v) is 18.0. The first-order valence-corrected chi connectivity index (χ1v) is 11.0. The lowest BCUT2D eigenvalue weighted by atomic mass is 10.1. The molecular formula is C19H24ClN5O3S. The van der Waals surface area contributed by atoms with Crippen LogP contribution in [0, 0.1) is 25.2 Å². The number of benzene rings is 1. The van der Waals surface area contributed by atoms with Gasteiger partial charge in [-0.1, -0.05) is 17.7 Å². The minimum atomic E-state index is -3.67. The van der Waals surface area contributed by atoms with E-state index in [4.69, 9.17) is 16.9 Å². The molecule has 1 aromatic heterocycles. The van der Waals surface area contributed by atoms with Crippen LogP contribution in [0.15, 0.2) is 29.2 Å². The maximum Gasteiger partial charge on any atom is 0.240 e. The van der Waals surface area contributed by atoms with Crippen molar-refractivity contribution in [2.24, 2.45) is 0 Å². The van der Waals surface area contributed by atoms with Crippen LogP contribution in [-0.4, -0.2) is 37.2 Å². The van der Waals surface area contributed by atoms with E-state index in [0.717, 1.165) is 17.0 Å². The Morgan fingerprint density at radius 2 is 2.07 bits per heavy atom. The molecule has 0 radical (unpaired) electrons. The van der Waals surface area contributed by atoms with Gasteiger partial charge in [-0.3, -0.25) is 9.48 Å². The summed E-state index contributed by atoms with van der Waals surface area (Å²) in [5, 5.41) is 16.2. The van der Waals surface area contributed by atoms with Crippen LogP contribution in [-0.2, 0) is 27.8 Å². The predicted octanol–water partition coefficient (Wildman–Crippen LogP) is 2.09. The summed E-state index contributed by atoms with van der Waals surface area (Å²) < 4.78 is 28.6. The summed E-state index contributed by atoms with van der Waals surface area (Å²) in [6.07, 6.45) is 1.18. The van der Waals surface area contributed by atoms with Crippen LogP contribution < -0.4 is 10.0 Å². The monoisotopic (exact) mass is 437 g/mol. The fourth-order valence-corrected chi connectivity index (χ4v) is 4.23. The van der Waals surface area contributed by atoms with Crippen molar-refractivity contribution in [1.82, 2.24) is 19.8 Å². The smallest absolute Gasteiger partial charge is 0.240 e. The number of hydrogen-bond donors (Lipinski definition) is 2. The van der Waals surface area contributed by atoms with Crippen molar-refractivity contribution in [3.8, 4) is 6.07 Å². The number of carbonyl (C=O) groups excluding carboxylic acids is 1. The molecule has 0 bridgehead atoms. The molecule has 1 amide bonds. The molecule has 0 aliphatic heterocycles. The van der Waals surface area contributed by atoms with Crippen LogP contribution in [0.2, 0.25) is 5.02 Å². The number of halogens is 1. The quantitative estimate of drug-likeness (QED) is 0.552. The van der Waals surface area contributed by atoms with E-state index in [1.807, 2.05) is 13.8 Å². The van der Waals surface area contributed by atoms with Crippen molar-refractivity contribution in [1.29, 1.82) is 5.26 Å². The van der Waals surface area contributed by atoms with Gasteiger partial charge in [0.05, 0.1) is 29.6 Å². The SMILES string of the molecule is Cc1nn(CCC#N)c(C)c1CCC(=O)NCCNS(=O)(=O)c1cccc(Cl)c1. The van der Waals surface area contributed by atoms with E-state index < -0.39 is 10.0 Å². The van der Waals surface area contributed by atoms with E-state index in [1.165, 1.54) is 12.1 Å². The highest BCUT2D eigenvalue weighted by molar-refractivity contribution is 7.89. The highest BCUT2D eigenvalue weighted by Gasteiger charge is 2.15. The first kappa shape index (κ1) is 22.9. The number of nitrogens with one attached hydrogen (secondary N) is 2. The third kappa shape index (κ3) is 6.56. The number of aryl methyl sites for hydroxylation is 2. The predicted molar refractivity (Wildman–Crippen MR) is 110 cm³/mol. The van der Waals surface area contributed by atoms with Crippen molar-refractivity contribution in [3.05, 3.63) is 46.2 Å². The van der Waals surface area contributed by atoms with Crippen LogP contribution in [0.1, 0.15) is 29.8 Å². The van der Waals surface area contributed by atoms with Crippen molar-refractivity contribution >= 4 is 27.5 Å². The van der Waals surface area contributed by atoms with Gasteiger partial charge in [0.15, 0.2) is 0 Å². The van der Waals surface area contributed by atoms with E-state index in [1.54, 1.807) is 16.8 Å². The molecule has 10 heteroatoms. The van der Waals surface area contributed by atoms with Crippen LogP contribution in [0.4, 0.5) is 0 Å². The summed E-state index contributed by atoms with van der Waals surface area (Å²) in [6.45, 7) is 4.59. The summed E-state index contributed by atoms with van der Waals surface area (Å²) in [4.78, 5) is 12.2. The van der Waals surface area contributed by atoms with Crippen molar-refractivity contribution in [3.63, 3.8) is 0 Å². The van der Waals surface area contributed by atoms with Crippen LogP contribution in [0.5, 0.6) is 0 Å². The number of sulfonamides is 1. The van der Waals surface area contributed by atoms with Gasteiger partial charge in [-0.25, -0.2) is 13.1 Å². The van der Waals surface area contributed by atoms with Gasteiger partial charge in [-0.2, -0.15) is 10.4 Å². The molecule has 2 aromatic rings. The zero-order valence-electron chi connectivity index (χ0n) is 16.4. The fraction of sp³-hybridized carbons (Fsp3) is 0.421. The average molecular weight is 438 g/mol. The van der Waals surface area contributed by atoms with E-state index in [9.17, 15) is 13.2 Å². The molecule has 0 aliphatic carbocycles. The van der Waals surface area contributed by atoms with Gasteiger partial charge >= 0.3 is 0 Å². The van der Waals surface area contributed by atoms with E-state index in [2.05, 4.69) is 21.2 Å². The van der Waals surface area contributed by atoms with Gasteiger partial charge in [-0.05, 0) is 44.0 Å². The molecule has 2 N–H and O–H groups in total. The van der Waals surface area contributed by atoms with Gasteiger partial charge in [0.2, 0.25) is 15.9 Å². The van der Waals surface area contributed by atoms with E-state index in [0.29, 0.717) is 24.4 Å². The number of amides is 1. The van der Waals surface area contributed by atoms with E-state index >= 15 is 0 Å². The molecule has 2 rings (SSSR count). The summed E-state index contributed by atoms with van der Waals surface area (Å²) in [5.74, 6) is -0.171. The lowest BCUT2D eigenvalue weighted by Crippen LogP contribution is -2.34. The standard InChI is InChI=1S/C19H24ClN5O3S/c1-14-18(15(2)25(24-14)12-4-9-21)7-8-19(26)22-10-11-23-29(27,28)17-6-3-5-16(20)13-17/h3,5-6,13,23H,4,7-8,10-12H2,1-2H3,(H,22,26). The highest BCUT2D eigenvalue weighted by atomic mass is 35.5. The Balaban J connectivity index is 1.78. The summed E-state index contributed by atoms with van der Waals surface area (Å²) in [5.41, 5.74) is 2.81. The third-order valence-electron chi connectivity index (χ3n) is 4.41. The number of hydrogen-bond acceptors (Lipinski definition) is 5. The molecule has 0 unspecified atom stereocenters. The number of aromatic nitrogens is 2. The number of rotatable bonds is 10. The van der Waals surface area contributed by atoms with Crippen LogP contribution in [0.3, 0.4) is 0 Å². The molecule has 0 atom stereocenters. The molecule has 1 aromatic carbocycles. The molecule has 29 heavy (non-hydrogen) atoms. The second kappa shape index (κ2) is 10.4. The molecule has 1 heterocycles. The lowest BCUT2D eigenvalue weighted by molar-refractivity contribution is -0.121. The minimum absolute atomic E-state index is 0.0741. The highest BCUT2D eigenvalue weighted by Crippen LogP contribution is 2.16. The zero-order chi connectivity index (χ0) is 21.4. The molecule has 0 spiro atoms. The second-order valence-electron chi connectivity index (χ2n) is 6.49. The largest absolute Gasteiger partial charge is 0.355 e. The Morgan fingerprint density at radius 1 is 1.31 bits per heavy atom. The normalized spacial score (nSPS) is 11.2. The van der Waals surface area contributed by atoms with Crippen LogP contribution >= 0.6 is 11.6 Å². The van der Waals surface area contributed by atoms with Crippen molar-refractivity contribution in [2.45, 2.75) is 44.6 Å². The Kier molecular flexibility index (Phi) is 8.20. The fourth-order valence-electron chi connectivity index (χ4n) is 2.90. The van der Waals surface area contributed by atoms with Crippen molar-refractivity contribution < 1.29 is 13.2 Å². The lowest BCUT2D eigenvalue weighted by Gasteiger charge is -2.09. The summed E-state index contributed by atoms with van der Waals surface area (Å²) >= 11 is 5.82. The number of carbonyl (C=O) groups is 1. The van der Waals surface area contributed by atoms with Gasteiger partial charge in [0.25, 0.3) is 0 Å². The maximum atomic E-state index is 12.2. The van der Waals surface area contributed by atoms with Gasteiger partial charge in [0, 0.05) is 30.2 Å². The molecule has 0 saturated carbocycles. The summed E-state index contributed by atoms with van der Waals surface area (Å²) in [7, 11) is -3.67. The number of nitrogens with zero attached hydrogens (tertiary/aromatic N) is 3. The first-order chi connectivity index (χ1) is 13.7. The Labute approximate surface area is 175 Å². The van der Waals surface area contributed by atoms with E-state index in [-0.39, 0.29) is 30.3 Å². The molecular weight excluding hydrogens is 414 g/mol. The topological polar surface area (TPSA) is 117 Å². The van der Waals surface area contributed by atoms with Crippen LogP contribution in [0.25, 0.3) is 0 Å². The first-order valence-electron chi connectivity index (χ1n) is 9.16. The maximum absolute atomic E-state index is 12.2. The Hall–Kier alpha value is -2.41. The molecule has 0 aliphatic rings. The summed E-state index contributed by atoms with van der Waals surface area (Å²) in [6, 6.07) is 8.07. The third-order valence-corrected chi connectivity index (χ3v) is 6.11. The molecule has 156 valence electrons. The average Bonchev–Trinajstić information content (AvgIpc) is 2.95.